The van der Waals surface area contributed by atoms with Crippen LogP contribution < -0.4 is 5.32 Å². The van der Waals surface area contributed by atoms with Crippen LogP contribution in [0.4, 0.5) is 5.13 Å². The van der Waals surface area contributed by atoms with E-state index in [-0.39, 0.29) is 11.0 Å². The van der Waals surface area contributed by atoms with Crippen LogP contribution in [0.2, 0.25) is 0 Å². The molecule has 2 aromatic carbocycles. The predicted molar refractivity (Wildman–Crippen MR) is 114 cm³/mol. The normalized spacial score (nSPS) is 14.9. The molecule has 28 heavy (non-hydrogen) atoms. The lowest BCUT2D eigenvalue weighted by molar-refractivity contribution is 0.0991. The summed E-state index contributed by atoms with van der Waals surface area (Å²) in [7, 11) is 0. The molecule has 0 amide bonds. The quantitative estimate of drug-likeness (QED) is 0.321. The molecule has 1 saturated carbocycles. The van der Waals surface area contributed by atoms with Crippen LogP contribution in [0.1, 0.15) is 34.0 Å². The van der Waals surface area contributed by atoms with Gasteiger partial charge in [0.05, 0.1) is 0 Å². The standard InChI is InChI=1S/C21H18N4OS2/c26-18(16-12-22-17-9-5-4-8-15(16)17)19(13-6-2-1-3-7-13)27-21-25-24-20(28-21)23-14-10-11-14/h1-9,12,14,19,22H,10-11H2,(H,23,24). The van der Waals surface area contributed by atoms with E-state index in [1.807, 2.05) is 60.8 Å². The van der Waals surface area contributed by atoms with E-state index in [0.29, 0.717) is 11.6 Å². The number of benzene rings is 2. The molecule has 5 rings (SSSR count). The van der Waals surface area contributed by atoms with Crippen LogP contribution in [0.5, 0.6) is 0 Å². The molecule has 0 radical (unpaired) electrons. The Kier molecular flexibility index (Phi) is 4.62. The number of carbonyl (C=O) groups excluding carboxylic acids is 1. The third kappa shape index (κ3) is 3.55. The third-order valence-corrected chi connectivity index (χ3v) is 6.92. The zero-order chi connectivity index (χ0) is 18.9. The second kappa shape index (κ2) is 7.41. The van der Waals surface area contributed by atoms with Crippen LogP contribution in [-0.2, 0) is 0 Å². The lowest BCUT2D eigenvalue weighted by Gasteiger charge is -2.14. The van der Waals surface area contributed by atoms with Crippen molar-refractivity contribution in [1.29, 1.82) is 0 Å². The molecule has 1 aliphatic rings. The highest BCUT2D eigenvalue weighted by Crippen LogP contribution is 2.41. The number of Topliss-reactive ketones (excluding diaryl/α,β-unsaturated/α-hetero) is 1. The lowest BCUT2D eigenvalue weighted by atomic mass is 10.0. The first-order valence-corrected chi connectivity index (χ1v) is 10.9. The number of aromatic nitrogens is 3. The molecule has 140 valence electrons. The van der Waals surface area contributed by atoms with Gasteiger partial charge in [0, 0.05) is 28.7 Å². The number of hydrogen-bond acceptors (Lipinski definition) is 6. The summed E-state index contributed by atoms with van der Waals surface area (Å²) in [6.45, 7) is 0. The van der Waals surface area contributed by atoms with E-state index in [2.05, 4.69) is 20.5 Å². The van der Waals surface area contributed by atoms with Crippen molar-refractivity contribution in [2.24, 2.45) is 0 Å². The Hall–Kier alpha value is -2.64. The number of thioether (sulfide) groups is 1. The van der Waals surface area contributed by atoms with Crippen LogP contribution in [0.3, 0.4) is 0 Å². The number of para-hydroxylation sites is 1. The highest BCUT2D eigenvalue weighted by molar-refractivity contribution is 8.02. The van der Waals surface area contributed by atoms with Crippen LogP contribution >= 0.6 is 23.1 Å². The summed E-state index contributed by atoms with van der Waals surface area (Å²) in [6, 6.07) is 18.3. The summed E-state index contributed by atoms with van der Waals surface area (Å²) in [6.07, 6.45) is 4.19. The van der Waals surface area contributed by atoms with Crippen LogP contribution in [0, 0.1) is 0 Å². The molecule has 1 atom stereocenters. The number of nitrogens with one attached hydrogen (secondary N) is 2. The fraction of sp³-hybridized carbons (Fsp3) is 0.190. The van der Waals surface area contributed by atoms with Gasteiger partial charge in [-0.25, -0.2) is 0 Å². The Morgan fingerprint density at radius 2 is 1.89 bits per heavy atom. The zero-order valence-corrected chi connectivity index (χ0v) is 16.6. The molecule has 5 nitrogen and oxygen atoms in total. The van der Waals surface area contributed by atoms with Gasteiger partial charge in [-0.2, -0.15) is 0 Å². The smallest absolute Gasteiger partial charge is 0.206 e. The Morgan fingerprint density at radius 3 is 2.71 bits per heavy atom. The minimum Gasteiger partial charge on any atom is -0.360 e. The Bertz CT molecular complexity index is 1120. The maximum atomic E-state index is 13.5. The Labute approximate surface area is 170 Å². The van der Waals surface area contributed by atoms with Crippen molar-refractivity contribution in [1.82, 2.24) is 15.2 Å². The fourth-order valence-electron chi connectivity index (χ4n) is 3.14. The highest BCUT2D eigenvalue weighted by atomic mass is 32.2. The zero-order valence-electron chi connectivity index (χ0n) is 15.0. The number of anilines is 1. The largest absolute Gasteiger partial charge is 0.360 e. The van der Waals surface area contributed by atoms with E-state index in [9.17, 15) is 4.79 Å². The van der Waals surface area contributed by atoms with E-state index in [1.165, 1.54) is 35.9 Å². The second-order valence-corrected chi connectivity index (χ2v) is 9.14. The van der Waals surface area contributed by atoms with Gasteiger partial charge in [0.25, 0.3) is 0 Å². The van der Waals surface area contributed by atoms with E-state index in [0.717, 1.165) is 25.9 Å². The molecule has 0 bridgehead atoms. The van der Waals surface area contributed by atoms with Gasteiger partial charge in [-0.05, 0) is 24.5 Å². The summed E-state index contributed by atoms with van der Waals surface area (Å²) in [5.74, 6) is 0.0700. The van der Waals surface area contributed by atoms with Gasteiger partial charge in [0.1, 0.15) is 5.25 Å². The molecular formula is C21H18N4OS2. The summed E-state index contributed by atoms with van der Waals surface area (Å²) in [4.78, 5) is 16.7. The van der Waals surface area contributed by atoms with Crippen molar-refractivity contribution in [2.45, 2.75) is 28.5 Å². The Balaban J connectivity index is 1.47. The number of ketones is 1. The monoisotopic (exact) mass is 406 g/mol. The molecular weight excluding hydrogens is 388 g/mol. The van der Waals surface area contributed by atoms with Crippen molar-refractivity contribution >= 4 is 44.9 Å². The first-order valence-electron chi connectivity index (χ1n) is 9.20. The van der Waals surface area contributed by atoms with Crippen molar-refractivity contribution in [2.75, 3.05) is 5.32 Å². The minimum atomic E-state index is -0.373. The van der Waals surface area contributed by atoms with Gasteiger partial charge in [-0.1, -0.05) is 71.6 Å². The lowest BCUT2D eigenvalue weighted by Crippen LogP contribution is -2.09. The molecule has 0 aliphatic heterocycles. The van der Waals surface area contributed by atoms with Gasteiger partial charge >= 0.3 is 0 Å². The van der Waals surface area contributed by atoms with Crippen LogP contribution in [0.15, 0.2) is 65.1 Å². The third-order valence-electron chi connectivity index (χ3n) is 4.73. The molecule has 0 spiro atoms. The van der Waals surface area contributed by atoms with Gasteiger partial charge in [-0.3, -0.25) is 4.79 Å². The second-order valence-electron chi connectivity index (χ2n) is 6.81. The van der Waals surface area contributed by atoms with E-state index in [4.69, 9.17) is 0 Å². The van der Waals surface area contributed by atoms with E-state index < -0.39 is 0 Å². The average Bonchev–Trinajstić information content (AvgIpc) is 3.26. The molecule has 4 aromatic rings. The van der Waals surface area contributed by atoms with Gasteiger partial charge in [0.2, 0.25) is 5.13 Å². The molecule has 2 heterocycles. The highest BCUT2D eigenvalue weighted by Gasteiger charge is 2.28. The fourth-order valence-corrected chi connectivity index (χ4v) is 5.23. The molecule has 1 fully saturated rings. The summed E-state index contributed by atoms with van der Waals surface area (Å²) in [5, 5.41) is 13.3. The number of hydrogen-bond donors (Lipinski definition) is 2. The van der Waals surface area contributed by atoms with Gasteiger partial charge in [-0.15, -0.1) is 10.2 Å². The topological polar surface area (TPSA) is 70.7 Å². The maximum Gasteiger partial charge on any atom is 0.206 e. The summed E-state index contributed by atoms with van der Waals surface area (Å²) >= 11 is 2.98. The molecule has 0 saturated heterocycles. The number of fused-ring (bicyclic) bond motifs is 1. The Morgan fingerprint density at radius 1 is 1.11 bits per heavy atom. The molecule has 1 unspecified atom stereocenters. The maximum absolute atomic E-state index is 13.5. The number of carbonyl (C=O) groups is 1. The van der Waals surface area contributed by atoms with E-state index in [1.54, 1.807) is 0 Å². The van der Waals surface area contributed by atoms with Crippen LogP contribution in [0.25, 0.3) is 10.9 Å². The van der Waals surface area contributed by atoms with Gasteiger partial charge < -0.3 is 10.3 Å². The summed E-state index contributed by atoms with van der Waals surface area (Å²) < 4.78 is 0.796. The predicted octanol–water partition coefficient (Wildman–Crippen LogP) is 5.31. The first kappa shape index (κ1) is 17.5. The van der Waals surface area contributed by atoms with Crippen LogP contribution in [-0.4, -0.2) is 27.0 Å². The number of H-pyrrole nitrogens is 1. The number of rotatable bonds is 7. The average molecular weight is 407 g/mol. The number of nitrogens with zero attached hydrogens (tertiary/aromatic N) is 2. The molecule has 1 aliphatic carbocycles. The number of aromatic amines is 1. The SMILES string of the molecule is O=C(c1c[nH]c2ccccc12)C(Sc1nnc(NC2CC2)s1)c1ccccc1. The van der Waals surface area contributed by atoms with Gasteiger partial charge in [0.15, 0.2) is 10.1 Å². The van der Waals surface area contributed by atoms with Crippen molar-refractivity contribution in [3.05, 3.63) is 71.9 Å². The first-order chi connectivity index (χ1) is 13.8. The molecule has 2 aromatic heterocycles. The van der Waals surface area contributed by atoms with Crippen molar-refractivity contribution in [3.63, 3.8) is 0 Å². The van der Waals surface area contributed by atoms with Crippen molar-refractivity contribution in [3.8, 4) is 0 Å². The molecule has 7 heteroatoms. The molecule has 2 N–H and O–H groups in total. The van der Waals surface area contributed by atoms with E-state index >= 15 is 0 Å². The summed E-state index contributed by atoms with van der Waals surface area (Å²) in [5.41, 5.74) is 2.64. The van der Waals surface area contributed by atoms with Crippen molar-refractivity contribution < 1.29 is 4.79 Å². The minimum absolute atomic E-state index is 0.0700.